The molecule has 0 saturated carbocycles. The third kappa shape index (κ3) is 3.43. The molecule has 1 atom stereocenters. The second kappa shape index (κ2) is 7.77. The summed E-state index contributed by atoms with van der Waals surface area (Å²) >= 11 is 6.06. The third-order valence-corrected chi connectivity index (χ3v) is 5.43. The quantitative estimate of drug-likeness (QED) is 0.549. The van der Waals surface area contributed by atoms with Gasteiger partial charge in [0.05, 0.1) is 5.69 Å². The van der Waals surface area contributed by atoms with Crippen molar-refractivity contribution in [2.24, 2.45) is 0 Å². The lowest BCUT2D eigenvalue weighted by Gasteiger charge is -2.24. The molecule has 0 saturated heterocycles. The highest BCUT2D eigenvalue weighted by Gasteiger charge is 2.48. The Morgan fingerprint density at radius 2 is 1.79 bits per heavy atom. The molecular weight excluding hydrogens is 384 g/mol. The molecule has 1 N–H and O–H groups in total. The fourth-order valence-corrected chi connectivity index (χ4v) is 3.57. The molecule has 2 heterocycles. The van der Waals surface area contributed by atoms with Crippen LogP contribution < -0.4 is 0 Å². The van der Waals surface area contributed by atoms with E-state index in [0.29, 0.717) is 10.7 Å². The molecule has 0 radical (unpaired) electrons. The average Bonchev–Trinajstić information content (AvgIpc) is 3.24. The molecule has 1 aromatic heterocycles. The lowest BCUT2D eigenvalue weighted by Crippen LogP contribution is -2.31. The van der Waals surface area contributed by atoms with Gasteiger partial charge in [-0.3, -0.25) is 4.79 Å². The number of aromatic nitrogens is 1. The van der Waals surface area contributed by atoms with Gasteiger partial charge in [-0.05, 0) is 56.2 Å². The normalized spacial score (nSPS) is 18.3. The van der Waals surface area contributed by atoms with Crippen molar-refractivity contribution in [1.29, 1.82) is 5.26 Å². The second-order valence-corrected chi connectivity index (χ2v) is 7.43. The van der Waals surface area contributed by atoms with E-state index in [1.54, 1.807) is 13.0 Å². The van der Waals surface area contributed by atoms with E-state index >= 15 is 0 Å². The van der Waals surface area contributed by atoms with E-state index in [2.05, 4.69) is 4.98 Å². The molecule has 2 aromatic carbocycles. The number of H-pyrrole nitrogens is 1. The third-order valence-electron chi connectivity index (χ3n) is 5.19. The van der Waals surface area contributed by atoms with E-state index in [0.717, 1.165) is 27.6 Å². The molecule has 0 amide bonds. The van der Waals surface area contributed by atoms with Crippen LogP contribution in [0, 0.1) is 25.2 Å². The maximum atomic E-state index is 13.1. The van der Waals surface area contributed by atoms with E-state index in [9.17, 15) is 10.1 Å². The van der Waals surface area contributed by atoms with Gasteiger partial charge in [0.1, 0.15) is 11.6 Å². The van der Waals surface area contributed by atoms with Crippen molar-refractivity contribution < 1.29 is 9.53 Å². The SMILES string of the molecule is CC.Cc1ccc(C2(C)OC(c3cc4cc(Cl)ccc4[nH]3)=C(C#N)C2=O)cc1C. The Morgan fingerprint density at radius 3 is 2.45 bits per heavy atom. The van der Waals surface area contributed by atoms with Crippen LogP contribution in [0.25, 0.3) is 16.7 Å². The van der Waals surface area contributed by atoms with E-state index in [1.807, 2.05) is 70.2 Å². The molecule has 0 spiro atoms. The van der Waals surface area contributed by atoms with Crippen LogP contribution >= 0.6 is 11.6 Å². The van der Waals surface area contributed by atoms with Crippen molar-refractivity contribution in [2.75, 3.05) is 0 Å². The van der Waals surface area contributed by atoms with Crippen molar-refractivity contribution in [1.82, 2.24) is 4.98 Å². The van der Waals surface area contributed by atoms with Gasteiger partial charge < -0.3 is 9.72 Å². The smallest absolute Gasteiger partial charge is 0.225 e. The van der Waals surface area contributed by atoms with E-state index in [1.165, 1.54) is 0 Å². The summed E-state index contributed by atoms with van der Waals surface area (Å²) in [6.45, 7) is 9.71. The zero-order chi connectivity index (χ0) is 21.3. The number of hydrogen-bond donors (Lipinski definition) is 1. The van der Waals surface area contributed by atoms with Crippen LogP contribution in [0.1, 0.15) is 43.2 Å². The first-order valence-corrected chi connectivity index (χ1v) is 9.96. The highest BCUT2D eigenvalue weighted by atomic mass is 35.5. The molecule has 4 nitrogen and oxygen atoms in total. The van der Waals surface area contributed by atoms with Crippen LogP contribution in [-0.4, -0.2) is 10.8 Å². The molecule has 148 valence electrons. The number of fused-ring (bicyclic) bond motifs is 1. The lowest BCUT2D eigenvalue weighted by atomic mass is 9.88. The summed E-state index contributed by atoms with van der Waals surface area (Å²) in [5.41, 5.74) is 3.17. The predicted molar refractivity (Wildman–Crippen MR) is 117 cm³/mol. The summed E-state index contributed by atoms with van der Waals surface area (Å²) in [6.07, 6.45) is 0. The van der Waals surface area contributed by atoms with Crippen molar-refractivity contribution in [3.8, 4) is 6.07 Å². The summed E-state index contributed by atoms with van der Waals surface area (Å²) in [5, 5.41) is 11.1. The summed E-state index contributed by atoms with van der Waals surface area (Å²) < 4.78 is 6.13. The number of benzene rings is 2. The number of nitrogens with one attached hydrogen (secondary N) is 1. The van der Waals surface area contributed by atoms with Gasteiger partial charge in [0.25, 0.3) is 0 Å². The van der Waals surface area contributed by atoms with Crippen LogP contribution in [0.2, 0.25) is 5.02 Å². The number of nitrogens with zero attached hydrogens (tertiary/aromatic N) is 1. The fraction of sp³-hybridized carbons (Fsp3) is 0.250. The van der Waals surface area contributed by atoms with Crippen LogP contribution in [0.5, 0.6) is 0 Å². The molecule has 0 aliphatic carbocycles. The molecule has 3 aromatic rings. The number of halogens is 1. The van der Waals surface area contributed by atoms with Gasteiger partial charge >= 0.3 is 0 Å². The fourth-order valence-electron chi connectivity index (χ4n) is 3.39. The first-order valence-electron chi connectivity index (χ1n) is 9.58. The number of carbonyl (C=O) groups excluding carboxylic acids is 1. The largest absolute Gasteiger partial charge is 0.471 e. The number of ketones is 1. The Balaban J connectivity index is 0.00000117. The monoisotopic (exact) mass is 406 g/mol. The molecule has 0 bridgehead atoms. The number of hydrogen-bond acceptors (Lipinski definition) is 3. The topological polar surface area (TPSA) is 65.9 Å². The Kier molecular flexibility index (Phi) is 5.55. The zero-order valence-corrected chi connectivity index (χ0v) is 17.9. The molecule has 5 heteroatoms. The number of aromatic amines is 1. The van der Waals surface area contributed by atoms with E-state index in [-0.39, 0.29) is 17.1 Å². The molecule has 1 aliphatic heterocycles. The minimum absolute atomic E-state index is 0.0216. The second-order valence-electron chi connectivity index (χ2n) is 6.99. The average molecular weight is 407 g/mol. The summed E-state index contributed by atoms with van der Waals surface area (Å²) in [4.78, 5) is 16.3. The Labute approximate surface area is 175 Å². The minimum Gasteiger partial charge on any atom is -0.471 e. The molecule has 4 rings (SSSR count). The Hall–Kier alpha value is -3.03. The van der Waals surface area contributed by atoms with Gasteiger partial charge in [0.15, 0.2) is 11.4 Å². The Bertz CT molecular complexity index is 1180. The predicted octanol–water partition coefficient (Wildman–Crippen LogP) is 6.21. The van der Waals surface area contributed by atoms with Gasteiger partial charge in [-0.15, -0.1) is 0 Å². The summed E-state index contributed by atoms with van der Waals surface area (Å²) in [6, 6.07) is 15.1. The molecule has 0 fully saturated rings. The van der Waals surface area contributed by atoms with E-state index < -0.39 is 5.60 Å². The number of ether oxygens (including phenoxy) is 1. The van der Waals surface area contributed by atoms with Gasteiger partial charge in [-0.25, -0.2) is 0 Å². The number of nitriles is 1. The first kappa shape index (κ1) is 20.7. The van der Waals surface area contributed by atoms with Crippen molar-refractivity contribution >= 4 is 34.0 Å². The minimum atomic E-state index is -1.23. The number of aryl methyl sites for hydroxylation is 2. The number of carbonyl (C=O) groups is 1. The van der Waals surface area contributed by atoms with Crippen LogP contribution in [0.4, 0.5) is 0 Å². The summed E-state index contributed by atoms with van der Waals surface area (Å²) in [5.74, 6) is -0.0597. The first-order chi connectivity index (χ1) is 13.8. The number of rotatable bonds is 2. The van der Waals surface area contributed by atoms with Gasteiger partial charge in [0, 0.05) is 21.5 Å². The van der Waals surface area contributed by atoms with Crippen LogP contribution in [0.3, 0.4) is 0 Å². The maximum absolute atomic E-state index is 13.1. The highest BCUT2D eigenvalue weighted by Crippen LogP contribution is 2.43. The lowest BCUT2D eigenvalue weighted by molar-refractivity contribution is -0.128. The molecule has 1 unspecified atom stereocenters. The molecule has 29 heavy (non-hydrogen) atoms. The Morgan fingerprint density at radius 1 is 1.07 bits per heavy atom. The number of Topliss-reactive ketones (excluding diaryl/α,β-unsaturated/α-hetero) is 1. The summed E-state index contributed by atoms with van der Waals surface area (Å²) in [7, 11) is 0. The van der Waals surface area contributed by atoms with Crippen LogP contribution in [0.15, 0.2) is 48.0 Å². The van der Waals surface area contributed by atoms with Gasteiger partial charge in [0.2, 0.25) is 5.78 Å². The molecule has 1 aliphatic rings. The van der Waals surface area contributed by atoms with Gasteiger partial charge in [-0.1, -0.05) is 43.6 Å². The zero-order valence-electron chi connectivity index (χ0n) is 17.2. The molecular formula is C24H23ClN2O2. The van der Waals surface area contributed by atoms with Crippen molar-refractivity contribution in [3.05, 3.63) is 75.4 Å². The highest BCUT2D eigenvalue weighted by molar-refractivity contribution is 6.31. The van der Waals surface area contributed by atoms with Gasteiger partial charge in [-0.2, -0.15) is 5.26 Å². The van der Waals surface area contributed by atoms with E-state index in [4.69, 9.17) is 16.3 Å². The maximum Gasteiger partial charge on any atom is 0.225 e. The van der Waals surface area contributed by atoms with Crippen molar-refractivity contribution in [2.45, 2.75) is 40.2 Å². The van der Waals surface area contributed by atoms with Crippen LogP contribution in [-0.2, 0) is 15.1 Å². The standard InChI is InChI=1S/C22H17ClN2O2.C2H6/c1-12-4-5-15(8-13(12)2)22(3)21(26)17(11-24)20(27-22)19-10-14-9-16(23)6-7-18(14)25-19;1-2/h4-10,25H,1-3H3;1-2H3. The van der Waals surface area contributed by atoms with Crippen molar-refractivity contribution in [3.63, 3.8) is 0 Å².